The summed E-state index contributed by atoms with van der Waals surface area (Å²) < 4.78 is 2.15. The number of hydrogen-bond acceptors (Lipinski definition) is 4. The molecule has 1 aromatic rings. The van der Waals surface area contributed by atoms with E-state index < -0.39 is 0 Å². The largest absolute Gasteiger partial charge is 0.345 e. The summed E-state index contributed by atoms with van der Waals surface area (Å²) in [6.07, 6.45) is 4.71. The topological polar surface area (TPSA) is 65.2 Å². The molecule has 2 rings (SSSR count). The number of aromatic nitrogens is 2. The van der Waals surface area contributed by atoms with Gasteiger partial charge in [-0.2, -0.15) is 5.26 Å². The molecule has 0 fully saturated rings. The van der Waals surface area contributed by atoms with E-state index in [1.54, 1.807) is 11.9 Å². The first-order valence-corrected chi connectivity index (χ1v) is 6.54. The van der Waals surface area contributed by atoms with Crippen LogP contribution in [-0.4, -0.2) is 51.9 Å². The predicted octanol–water partition coefficient (Wildman–Crippen LogP) is 0.461. The van der Waals surface area contributed by atoms with Crippen molar-refractivity contribution in [2.45, 2.75) is 25.9 Å². The lowest BCUT2D eigenvalue weighted by atomic mass is 10.3. The molecular formula is C13H19N5O. The number of amides is 1. The van der Waals surface area contributed by atoms with Crippen molar-refractivity contribution in [2.24, 2.45) is 0 Å². The molecule has 0 spiro atoms. The van der Waals surface area contributed by atoms with E-state index >= 15 is 0 Å². The highest BCUT2D eigenvalue weighted by Gasteiger charge is 2.17. The van der Waals surface area contributed by atoms with Crippen LogP contribution in [0.1, 0.15) is 18.7 Å². The molecule has 0 aliphatic carbocycles. The van der Waals surface area contributed by atoms with Crippen LogP contribution in [0.4, 0.5) is 0 Å². The summed E-state index contributed by atoms with van der Waals surface area (Å²) in [5.41, 5.74) is 0. The third-order valence-electron chi connectivity index (χ3n) is 3.45. The normalized spacial score (nSPS) is 14.7. The van der Waals surface area contributed by atoms with Gasteiger partial charge in [0.25, 0.3) is 0 Å². The Hall–Kier alpha value is -1.87. The van der Waals surface area contributed by atoms with Crippen LogP contribution in [0.3, 0.4) is 0 Å². The van der Waals surface area contributed by atoms with E-state index in [2.05, 4.69) is 20.5 Å². The van der Waals surface area contributed by atoms with Crippen molar-refractivity contribution in [1.29, 1.82) is 5.26 Å². The summed E-state index contributed by atoms with van der Waals surface area (Å²) in [5, 5.41) is 8.50. The zero-order valence-electron chi connectivity index (χ0n) is 11.2. The molecule has 1 aliphatic rings. The standard InChI is InChI=1S/C13H19N5O/c1-16(6-2-4-14)13(19)3-7-17-9-10-18-8-5-15-12(18)11-17/h5,8H,2-3,6-7,9-11H2,1H3. The molecule has 6 heteroatoms. The van der Waals surface area contributed by atoms with Crippen molar-refractivity contribution in [2.75, 3.05) is 26.7 Å². The molecule has 0 aromatic carbocycles. The van der Waals surface area contributed by atoms with Crippen LogP contribution >= 0.6 is 0 Å². The number of rotatable bonds is 5. The number of nitrogens with zero attached hydrogens (tertiary/aromatic N) is 5. The second-order valence-electron chi connectivity index (χ2n) is 4.79. The van der Waals surface area contributed by atoms with Crippen molar-refractivity contribution in [1.82, 2.24) is 19.4 Å². The summed E-state index contributed by atoms with van der Waals surface area (Å²) in [6.45, 7) is 3.97. The predicted molar refractivity (Wildman–Crippen MR) is 70.0 cm³/mol. The van der Waals surface area contributed by atoms with Gasteiger partial charge in [-0.3, -0.25) is 9.69 Å². The van der Waals surface area contributed by atoms with Gasteiger partial charge in [0.15, 0.2) is 0 Å². The maximum absolute atomic E-state index is 11.9. The van der Waals surface area contributed by atoms with Crippen molar-refractivity contribution >= 4 is 5.91 Å². The minimum absolute atomic E-state index is 0.101. The van der Waals surface area contributed by atoms with Crippen LogP contribution in [0, 0.1) is 11.3 Å². The molecular weight excluding hydrogens is 242 g/mol. The summed E-state index contributed by atoms with van der Waals surface area (Å²) in [4.78, 5) is 20.0. The number of fused-ring (bicyclic) bond motifs is 1. The molecule has 1 aromatic heterocycles. The van der Waals surface area contributed by atoms with Gasteiger partial charge in [-0.05, 0) is 0 Å². The van der Waals surface area contributed by atoms with Crippen molar-refractivity contribution in [3.05, 3.63) is 18.2 Å². The van der Waals surface area contributed by atoms with E-state index in [4.69, 9.17) is 5.26 Å². The lowest BCUT2D eigenvalue weighted by Crippen LogP contribution is -2.37. The first-order valence-electron chi connectivity index (χ1n) is 6.54. The Labute approximate surface area is 113 Å². The van der Waals surface area contributed by atoms with Crippen LogP contribution in [0.2, 0.25) is 0 Å². The highest BCUT2D eigenvalue weighted by Crippen LogP contribution is 2.10. The number of carbonyl (C=O) groups excluding carboxylic acids is 1. The Balaban J connectivity index is 1.75. The molecule has 6 nitrogen and oxygen atoms in total. The summed E-state index contributed by atoms with van der Waals surface area (Å²) in [7, 11) is 1.75. The fourth-order valence-corrected chi connectivity index (χ4v) is 2.20. The fraction of sp³-hybridized carbons (Fsp3) is 0.615. The average Bonchev–Trinajstić information content (AvgIpc) is 2.89. The highest BCUT2D eigenvalue weighted by molar-refractivity contribution is 5.76. The zero-order valence-corrected chi connectivity index (χ0v) is 11.2. The number of imidazole rings is 1. The molecule has 102 valence electrons. The number of carbonyl (C=O) groups is 1. The lowest BCUT2D eigenvalue weighted by Gasteiger charge is -2.27. The summed E-state index contributed by atoms with van der Waals surface area (Å²) in [6, 6.07) is 2.05. The van der Waals surface area contributed by atoms with Crippen LogP contribution < -0.4 is 0 Å². The molecule has 0 saturated heterocycles. The third-order valence-corrected chi connectivity index (χ3v) is 3.45. The Kier molecular flexibility index (Phi) is 4.53. The van der Waals surface area contributed by atoms with E-state index in [-0.39, 0.29) is 5.91 Å². The second kappa shape index (κ2) is 6.34. The van der Waals surface area contributed by atoms with Gasteiger partial charge < -0.3 is 9.47 Å². The highest BCUT2D eigenvalue weighted by atomic mass is 16.2. The van der Waals surface area contributed by atoms with Gasteiger partial charge in [0.1, 0.15) is 5.82 Å². The van der Waals surface area contributed by atoms with Crippen molar-refractivity contribution in [3.8, 4) is 6.07 Å². The van der Waals surface area contributed by atoms with E-state index in [0.717, 1.165) is 32.0 Å². The first kappa shape index (κ1) is 13.6. The van der Waals surface area contributed by atoms with E-state index in [1.807, 2.05) is 12.4 Å². The molecule has 0 bridgehead atoms. The number of hydrogen-bond donors (Lipinski definition) is 0. The molecule has 0 unspecified atom stereocenters. The van der Waals surface area contributed by atoms with E-state index in [1.165, 1.54) is 0 Å². The molecule has 0 N–H and O–H groups in total. The number of nitriles is 1. The Morgan fingerprint density at radius 2 is 2.42 bits per heavy atom. The van der Waals surface area contributed by atoms with Crippen LogP contribution in [-0.2, 0) is 17.9 Å². The maximum atomic E-state index is 11.9. The quantitative estimate of drug-likeness (QED) is 0.772. The van der Waals surface area contributed by atoms with Gasteiger partial charge in [-0.1, -0.05) is 0 Å². The minimum Gasteiger partial charge on any atom is -0.345 e. The van der Waals surface area contributed by atoms with E-state index in [9.17, 15) is 4.79 Å². The van der Waals surface area contributed by atoms with Gasteiger partial charge in [0.05, 0.1) is 19.0 Å². The average molecular weight is 261 g/mol. The Morgan fingerprint density at radius 3 is 3.21 bits per heavy atom. The van der Waals surface area contributed by atoms with Gasteiger partial charge in [-0.15, -0.1) is 0 Å². The molecule has 0 saturated carbocycles. The maximum Gasteiger partial charge on any atom is 0.223 e. The van der Waals surface area contributed by atoms with Crippen molar-refractivity contribution in [3.63, 3.8) is 0 Å². The van der Waals surface area contributed by atoms with Crippen molar-refractivity contribution < 1.29 is 4.79 Å². The lowest BCUT2D eigenvalue weighted by molar-refractivity contribution is -0.130. The summed E-state index contributed by atoms with van der Waals surface area (Å²) >= 11 is 0. The molecule has 1 amide bonds. The SMILES string of the molecule is CN(CCC#N)C(=O)CCN1CCn2ccnc2C1. The zero-order chi connectivity index (χ0) is 13.7. The summed E-state index contributed by atoms with van der Waals surface area (Å²) in [5.74, 6) is 1.17. The van der Waals surface area contributed by atoms with Gasteiger partial charge in [0.2, 0.25) is 5.91 Å². The third kappa shape index (κ3) is 3.55. The van der Waals surface area contributed by atoms with E-state index in [0.29, 0.717) is 19.4 Å². The molecule has 1 aliphatic heterocycles. The fourth-order valence-electron chi connectivity index (χ4n) is 2.20. The molecule has 0 atom stereocenters. The van der Waals surface area contributed by atoms with Gasteiger partial charge in [0, 0.05) is 52.0 Å². The molecule has 19 heavy (non-hydrogen) atoms. The first-order chi connectivity index (χ1) is 9.20. The Morgan fingerprint density at radius 1 is 1.58 bits per heavy atom. The van der Waals surface area contributed by atoms with Crippen LogP contribution in [0.15, 0.2) is 12.4 Å². The van der Waals surface area contributed by atoms with Crippen LogP contribution in [0.5, 0.6) is 0 Å². The van der Waals surface area contributed by atoms with Gasteiger partial charge in [-0.25, -0.2) is 4.98 Å². The molecule has 2 heterocycles. The van der Waals surface area contributed by atoms with Crippen LogP contribution in [0.25, 0.3) is 0 Å². The smallest absolute Gasteiger partial charge is 0.223 e. The molecule has 0 radical (unpaired) electrons. The Bertz CT molecular complexity index is 476. The minimum atomic E-state index is 0.101. The second-order valence-corrected chi connectivity index (χ2v) is 4.79. The van der Waals surface area contributed by atoms with Gasteiger partial charge >= 0.3 is 0 Å². The monoisotopic (exact) mass is 261 g/mol.